The highest BCUT2D eigenvalue weighted by Gasteiger charge is 2.18. The van der Waals surface area contributed by atoms with Gasteiger partial charge in [-0.05, 0) is 38.2 Å². The summed E-state index contributed by atoms with van der Waals surface area (Å²) < 4.78 is 11.2. The van der Waals surface area contributed by atoms with Crippen LogP contribution in [-0.2, 0) is 9.47 Å². The average molecular weight is 434 g/mol. The molecule has 2 fully saturated rings. The molecule has 2 aliphatic rings. The van der Waals surface area contributed by atoms with Crippen LogP contribution in [0.3, 0.4) is 0 Å². The number of aromatic nitrogens is 2. The third-order valence-corrected chi connectivity index (χ3v) is 5.68. The maximum absolute atomic E-state index is 5.83. The predicted octanol–water partition coefficient (Wildman–Crippen LogP) is 0.987. The Balaban J connectivity index is 1.25. The second-order valence-corrected chi connectivity index (χ2v) is 8.05. The van der Waals surface area contributed by atoms with Crippen molar-refractivity contribution in [1.82, 2.24) is 25.5 Å². The molecule has 9 heteroatoms. The quantitative estimate of drug-likeness (QED) is 0.304. The fourth-order valence-electron chi connectivity index (χ4n) is 3.82. The van der Waals surface area contributed by atoms with Crippen molar-refractivity contribution in [2.24, 2.45) is 10.9 Å². The van der Waals surface area contributed by atoms with Crippen molar-refractivity contribution in [3.63, 3.8) is 0 Å². The summed E-state index contributed by atoms with van der Waals surface area (Å²) in [5, 5.41) is 6.79. The Bertz CT molecular complexity index is 618. The van der Waals surface area contributed by atoms with Crippen LogP contribution in [0.5, 0.6) is 0 Å². The molecule has 3 rings (SSSR count). The molecule has 0 amide bonds. The molecular formula is C22H39N7O2. The number of guanidine groups is 1. The van der Waals surface area contributed by atoms with Gasteiger partial charge in [-0.1, -0.05) is 0 Å². The molecule has 0 aliphatic carbocycles. The van der Waals surface area contributed by atoms with E-state index in [2.05, 4.69) is 42.3 Å². The van der Waals surface area contributed by atoms with E-state index in [0.717, 1.165) is 110 Å². The van der Waals surface area contributed by atoms with Gasteiger partial charge in [0.15, 0.2) is 5.96 Å². The van der Waals surface area contributed by atoms with Crippen LogP contribution in [0.1, 0.15) is 26.2 Å². The van der Waals surface area contributed by atoms with Gasteiger partial charge < -0.3 is 25.0 Å². The van der Waals surface area contributed by atoms with Crippen molar-refractivity contribution >= 4 is 11.9 Å². The zero-order valence-corrected chi connectivity index (χ0v) is 19.0. The van der Waals surface area contributed by atoms with E-state index in [0.29, 0.717) is 5.92 Å². The van der Waals surface area contributed by atoms with E-state index in [9.17, 15) is 0 Å². The largest absolute Gasteiger partial charge is 0.381 e. The van der Waals surface area contributed by atoms with Crippen LogP contribution in [0, 0.1) is 5.92 Å². The van der Waals surface area contributed by atoms with Gasteiger partial charge in [0.1, 0.15) is 0 Å². The fraction of sp³-hybridized carbons (Fsp3) is 0.773. The molecular weight excluding hydrogens is 394 g/mol. The number of piperazine rings is 1. The van der Waals surface area contributed by atoms with E-state index < -0.39 is 0 Å². The number of ether oxygens (including phenoxy) is 2. The van der Waals surface area contributed by atoms with Gasteiger partial charge >= 0.3 is 0 Å². The number of hydrogen-bond acceptors (Lipinski definition) is 7. The molecule has 9 nitrogen and oxygen atoms in total. The van der Waals surface area contributed by atoms with Crippen LogP contribution in [0.4, 0.5) is 5.95 Å². The van der Waals surface area contributed by atoms with Crippen molar-refractivity contribution in [1.29, 1.82) is 0 Å². The monoisotopic (exact) mass is 433 g/mol. The van der Waals surface area contributed by atoms with Crippen molar-refractivity contribution in [2.45, 2.75) is 26.2 Å². The van der Waals surface area contributed by atoms with Gasteiger partial charge in [-0.25, -0.2) is 9.97 Å². The Kier molecular flexibility index (Phi) is 10.8. The van der Waals surface area contributed by atoms with Crippen molar-refractivity contribution in [2.75, 3.05) is 83.7 Å². The van der Waals surface area contributed by atoms with Crippen molar-refractivity contribution in [3.05, 3.63) is 18.5 Å². The van der Waals surface area contributed by atoms with Gasteiger partial charge in [-0.2, -0.15) is 0 Å². The SMILES string of the molecule is CCNC(=NCCCOCC1CCOCC1)NCCN1CCN(c2ncccn2)CC1. The minimum atomic E-state index is 0.665. The topological polar surface area (TPSA) is 87.1 Å². The summed E-state index contributed by atoms with van der Waals surface area (Å²) in [7, 11) is 0. The van der Waals surface area contributed by atoms with E-state index in [-0.39, 0.29) is 0 Å². The number of nitrogens with zero attached hydrogens (tertiary/aromatic N) is 5. The third kappa shape index (κ3) is 8.96. The van der Waals surface area contributed by atoms with Crippen LogP contribution in [0.15, 0.2) is 23.5 Å². The highest BCUT2D eigenvalue weighted by molar-refractivity contribution is 5.79. The van der Waals surface area contributed by atoms with Crippen LogP contribution >= 0.6 is 0 Å². The molecule has 2 aliphatic heterocycles. The summed E-state index contributed by atoms with van der Waals surface area (Å²) >= 11 is 0. The summed E-state index contributed by atoms with van der Waals surface area (Å²) in [6.45, 7) is 13.0. The van der Waals surface area contributed by atoms with E-state index in [1.54, 1.807) is 12.4 Å². The number of nitrogens with one attached hydrogen (secondary N) is 2. The zero-order valence-electron chi connectivity index (χ0n) is 19.0. The first-order chi connectivity index (χ1) is 15.3. The van der Waals surface area contributed by atoms with Crippen LogP contribution in [0.25, 0.3) is 0 Å². The fourth-order valence-corrected chi connectivity index (χ4v) is 3.82. The maximum Gasteiger partial charge on any atom is 0.225 e. The standard InChI is InChI=1S/C22H39N7O2/c1-2-23-21(24-9-4-16-31-19-20-5-17-30-18-6-20)25-10-11-28-12-14-29(15-13-28)22-26-7-3-8-27-22/h3,7-8,20H,2,4-6,9-19H2,1H3,(H2,23,24,25). The van der Waals surface area contributed by atoms with E-state index in [1.165, 1.54) is 0 Å². The summed E-state index contributed by atoms with van der Waals surface area (Å²) in [5.74, 6) is 2.39. The molecule has 0 radical (unpaired) electrons. The normalized spacial score (nSPS) is 18.9. The number of rotatable bonds is 11. The Morgan fingerprint density at radius 1 is 1.16 bits per heavy atom. The molecule has 174 valence electrons. The lowest BCUT2D eigenvalue weighted by Gasteiger charge is -2.34. The Hall–Kier alpha value is -1.97. The molecule has 0 unspecified atom stereocenters. The molecule has 31 heavy (non-hydrogen) atoms. The minimum absolute atomic E-state index is 0.665. The van der Waals surface area contributed by atoms with Gasteiger partial charge in [0.05, 0.1) is 0 Å². The summed E-state index contributed by atoms with van der Waals surface area (Å²) in [6, 6.07) is 1.86. The van der Waals surface area contributed by atoms with Gasteiger partial charge in [-0.3, -0.25) is 9.89 Å². The molecule has 0 spiro atoms. The lowest BCUT2D eigenvalue weighted by molar-refractivity contribution is 0.0205. The minimum Gasteiger partial charge on any atom is -0.381 e. The van der Waals surface area contributed by atoms with Gasteiger partial charge in [0.25, 0.3) is 0 Å². The molecule has 0 saturated carbocycles. The number of anilines is 1. The second-order valence-electron chi connectivity index (χ2n) is 8.05. The molecule has 0 bridgehead atoms. The zero-order chi connectivity index (χ0) is 21.6. The second kappa shape index (κ2) is 14.2. The van der Waals surface area contributed by atoms with E-state index in [1.807, 2.05) is 6.07 Å². The van der Waals surface area contributed by atoms with Gasteiger partial charge in [0, 0.05) is 91.2 Å². The van der Waals surface area contributed by atoms with Crippen molar-refractivity contribution in [3.8, 4) is 0 Å². The first-order valence-electron chi connectivity index (χ1n) is 11.8. The molecule has 0 atom stereocenters. The lowest BCUT2D eigenvalue weighted by Crippen LogP contribution is -2.49. The van der Waals surface area contributed by atoms with Crippen LogP contribution < -0.4 is 15.5 Å². The van der Waals surface area contributed by atoms with E-state index in [4.69, 9.17) is 9.47 Å². The number of hydrogen-bond donors (Lipinski definition) is 2. The lowest BCUT2D eigenvalue weighted by atomic mass is 10.0. The first-order valence-corrected chi connectivity index (χ1v) is 11.8. The molecule has 1 aromatic heterocycles. The Labute approximate surface area is 186 Å². The molecule has 1 aromatic rings. The van der Waals surface area contributed by atoms with Crippen molar-refractivity contribution < 1.29 is 9.47 Å². The summed E-state index contributed by atoms with van der Waals surface area (Å²) in [5.41, 5.74) is 0. The van der Waals surface area contributed by atoms with Crippen LogP contribution in [0.2, 0.25) is 0 Å². The smallest absolute Gasteiger partial charge is 0.225 e. The highest BCUT2D eigenvalue weighted by Crippen LogP contribution is 2.14. The van der Waals surface area contributed by atoms with E-state index >= 15 is 0 Å². The predicted molar refractivity (Wildman–Crippen MR) is 124 cm³/mol. The highest BCUT2D eigenvalue weighted by atomic mass is 16.5. The first kappa shape index (κ1) is 23.7. The van der Waals surface area contributed by atoms with Crippen LogP contribution in [-0.4, -0.2) is 99.6 Å². The van der Waals surface area contributed by atoms with Gasteiger partial charge in [-0.15, -0.1) is 0 Å². The Morgan fingerprint density at radius 3 is 2.68 bits per heavy atom. The Morgan fingerprint density at radius 2 is 1.94 bits per heavy atom. The third-order valence-electron chi connectivity index (χ3n) is 5.68. The average Bonchev–Trinajstić information content (AvgIpc) is 2.83. The number of aliphatic imine (C=N–C) groups is 1. The summed E-state index contributed by atoms with van der Waals surface area (Å²) in [6.07, 6.45) is 6.81. The summed E-state index contributed by atoms with van der Waals surface area (Å²) in [4.78, 5) is 18.1. The van der Waals surface area contributed by atoms with Gasteiger partial charge in [0.2, 0.25) is 5.95 Å². The maximum atomic E-state index is 5.83. The molecule has 0 aromatic carbocycles. The molecule has 3 heterocycles. The molecule has 2 N–H and O–H groups in total. The molecule has 2 saturated heterocycles.